The minimum absolute atomic E-state index is 0.0419. The van der Waals surface area contributed by atoms with Crippen molar-refractivity contribution in [2.24, 2.45) is 11.8 Å². The quantitative estimate of drug-likeness (QED) is 0.218. The number of hydrogen-bond acceptors (Lipinski definition) is 6. The van der Waals surface area contributed by atoms with Gasteiger partial charge >= 0.3 is 0 Å². The lowest BCUT2D eigenvalue weighted by molar-refractivity contribution is -0.134. The molecular formula is C42H50N6O4. The Morgan fingerprint density at radius 1 is 0.654 bits per heavy atom. The Kier molecular flexibility index (Phi) is 9.33. The monoisotopic (exact) mass is 702 g/mol. The highest BCUT2D eigenvalue weighted by atomic mass is 16.5. The predicted octanol–water partition coefficient (Wildman–Crippen LogP) is 8.01. The maximum Gasteiger partial charge on any atom is 0.226 e. The molecule has 2 aromatic heterocycles. The van der Waals surface area contributed by atoms with Gasteiger partial charge < -0.3 is 29.2 Å². The van der Waals surface area contributed by atoms with Crippen molar-refractivity contribution in [3.05, 3.63) is 66.5 Å². The molecule has 272 valence electrons. The van der Waals surface area contributed by atoms with Gasteiger partial charge in [0.15, 0.2) is 0 Å². The molecule has 3 atom stereocenters. The number of fused-ring (bicyclic) bond motifs is 7. The molecule has 9 rings (SSSR count). The Balaban J connectivity index is 0.957. The van der Waals surface area contributed by atoms with Crippen LogP contribution in [0.4, 0.5) is 0 Å². The fraction of sp³-hybridized carbons (Fsp3) is 0.524. The fourth-order valence-corrected chi connectivity index (χ4v) is 8.39. The van der Waals surface area contributed by atoms with Gasteiger partial charge in [-0.1, -0.05) is 56.0 Å². The second-order valence-corrected chi connectivity index (χ2v) is 15.6. The van der Waals surface area contributed by atoms with Crippen molar-refractivity contribution in [2.75, 3.05) is 26.3 Å². The van der Waals surface area contributed by atoms with E-state index in [0.29, 0.717) is 19.1 Å². The van der Waals surface area contributed by atoms with E-state index in [9.17, 15) is 9.59 Å². The van der Waals surface area contributed by atoms with Gasteiger partial charge in [-0.2, -0.15) is 0 Å². The summed E-state index contributed by atoms with van der Waals surface area (Å²) in [5.41, 5.74) is 6.07. The summed E-state index contributed by atoms with van der Waals surface area (Å²) in [6, 6.07) is 14.9. The van der Waals surface area contributed by atoms with E-state index in [1.165, 1.54) is 12.8 Å². The Morgan fingerprint density at radius 3 is 2.06 bits per heavy atom. The second-order valence-electron chi connectivity index (χ2n) is 15.6. The van der Waals surface area contributed by atoms with E-state index in [1.807, 2.05) is 22.2 Å². The summed E-state index contributed by atoms with van der Waals surface area (Å²) in [6.45, 7) is 2.87. The van der Waals surface area contributed by atoms with E-state index in [4.69, 9.17) is 19.4 Å². The lowest BCUT2D eigenvalue weighted by Gasteiger charge is -2.23. The first kappa shape index (κ1) is 33.4. The van der Waals surface area contributed by atoms with Crippen LogP contribution in [0.25, 0.3) is 33.6 Å². The zero-order valence-electron chi connectivity index (χ0n) is 30.0. The molecule has 0 radical (unpaired) electrons. The Morgan fingerprint density at radius 2 is 1.29 bits per heavy atom. The summed E-state index contributed by atoms with van der Waals surface area (Å²) in [7, 11) is 0. The number of carbonyl (C=O) groups is 2. The molecule has 0 unspecified atom stereocenters. The normalized spacial score (nSPS) is 24.2. The number of nitrogens with one attached hydrogen (secondary N) is 2. The fourth-order valence-electron chi connectivity index (χ4n) is 8.39. The van der Waals surface area contributed by atoms with Gasteiger partial charge in [-0.25, -0.2) is 9.97 Å². The number of nitrogens with zero attached hydrogens (tertiary/aromatic N) is 4. The first-order chi connectivity index (χ1) is 25.6. The molecular weight excluding hydrogens is 653 g/mol. The number of benzene rings is 2. The van der Waals surface area contributed by atoms with Gasteiger partial charge in [0.1, 0.15) is 17.4 Å². The number of hydrogen-bond donors (Lipinski definition) is 2. The third-order valence-corrected chi connectivity index (χ3v) is 11.7. The maximum atomic E-state index is 13.4. The summed E-state index contributed by atoms with van der Waals surface area (Å²) in [4.78, 5) is 47.0. The topological polar surface area (TPSA) is 116 Å². The van der Waals surface area contributed by atoms with E-state index < -0.39 is 0 Å². The van der Waals surface area contributed by atoms with E-state index in [0.717, 1.165) is 135 Å². The van der Waals surface area contributed by atoms with E-state index in [1.54, 1.807) is 0 Å². The van der Waals surface area contributed by atoms with Crippen LogP contribution < -0.4 is 4.74 Å². The number of amides is 2. The third kappa shape index (κ3) is 7.01. The van der Waals surface area contributed by atoms with Gasteiger partial charge in [0.25, 0.3) is 0 Å². The molecule has 2 N–H and O–H groups in total. The smallest absolute Gasteiger partial charge is 0.226 e. The molecule has 4 aromatic rings. The molecule has 4 fully saturated rings. The first-order valence-corrected chi connectivity index (χ1v) is 19.8. The number of H-pyrrole nitrogens is 2. The van der Waals surface area contributed by atoms with Gasteiger partial charge in [-0.05, 0) is 80.2 Å². The highest BCUT2D eigenvalue weighted by Crippen LogP contribution is 2.41. The average Bonchev–Trinajstić information content (AvgIpc) is 3.95. The first-order valence-electron chi connectivity index (χ1n) is 19.8. The van der Waals surface area contributed by atoms with Crippen molar-refractivity contribution in [1.29, 1.82) is 0 Å². The van der Waals surface area contributed by atoms with Crippen LogP contribution in [-0.4, -0.2) is 74.0 Å². The largest absolute Gasteiger partial charge is 0.493 e. The molecule has 5 aliphatic rings. The van der Waals surface area contributed by atoms with Crippen LogP contribution in [-0.2, 0) is 14.3 Å². The van der Waals surface area contributed by atoms with Crippen LogP contribution in [0.2, 0.25) is 0 Å². The van der Waals surface area contributed by atoms with Crippen molar-refractivity contribution in [1.82, 2.24) is 29.7 Å². The molecule has 4 bridgehead atoms. The van der Waals surface area contributed by atoms with Crippen molar-refractivity contribution < 1.29 is 19.1 Å². The van der Waals surface area contributed by atoms with E-state index in [2.05, 4.69) is 52.4 Å². The Labute approximate surface area is 305 Å². The molecule has 10 nitrogen and oxygen atoms in total. The number of carbonyl (C=O) groups excluding carboxylic acids is 2. The minimum atomic E-state index is -0.110. The van der Waals surface area contributed by atoms with Crippen molar-refractivity contribution >= 4 is 11.8 Å². The number of aromatic amines is 2. The summed E-state index contributed by atoms with van der Waals surface area (Å²) < 4.78 is 12.9. The van der Waals surface area contributed by atoms with Crippen LogP contribution in [0.1, 0.15) is 107 Å². The summed E-state index contributed by atoms with van der Waals surface area (Å²) >= 11 is 0. The third-order valence-electron chi connectivity index (χ3n) is 11.7. The minimum Gasteiger partial charge on any atom is -0.493 e. The summed E-state index contributed by atoms with van der Waals surface area (Å²) in [5, 5.41) is 0. The van der Waals surface area contributed by atoms with Crippen LogP contribution in [0.15, 0.2) is 54.9 Å². The molecule has 2 amide bonds. The number of rotatable bonds is 5. The van der Waals surface area contributed by atoms with Crippen LogP contribution in [0, 0.1) is 11.8 Å². The molecule has 3 aliphatic heterocycles. The molecule has 2 aliphatic carbocycles. The highest BCUT2D eigenvalue weighted by Gasteiger charge is 2.44. The Hall–Kier alpha value is -4.44. The number of ether oxygens (including phenoxy) is 2. The molecule has 2 saturated carbocycles. The summed E-state index contributed by atoms with van der Waals surface area (Å²) in [5.74, 6) is 3.46. The molecule has 2 aromatic carbocycles. The Bertz CT molecular complexity index is 1890. The van der Waals surface area contributed by atoms with Crippen LogP contribution in [0.5, 0.6) is 5.75 Å². The van der Waals surface area contributed by atoms with Crippen molar-refractivity contribution in [3.8, 4) is 39.4 Å². The van der Waals surface area contributed by atoms with Gasteiger partial charge in [0.2, 0.25) is 11.8 Å². The zero-order chi connectivity index (χ0) is 35.0. The zero-order valence-corrected chi connectivity index (χ0v) is 30.0. The molecule has 10 heteroatoms. The van der Waals surface area contributed by atoms with Gasteiger partial charge in [-0.3, -0.25) is 9.59 Å². The second kappa shape index (κ2) is 14.5. The molecule has 5 heterocycles. The van der Waals surface area contributed by atoms with Gasteiger partial charge in [0.05, 0.1) is 48.6 Å². The highest BCUT2D eigenvalue weighted by molar-refractivity contribution is 5.82. The summed E-state index contributed by atoms with van der Waals surface area (Å²) in [6.07, 6.45) is 17.4. The maximum absolute atomic E-state index is 13.4. The predicted molar refractivity (Wildman–Crippen MR) is 198 cm³/mol. The average molecular weight is 703 g/mol. The number of likely N-dealkylation sites (tertiary alicyclic amines) is 2. The molecule has 2 saturated heterocycles. The molecule has 0 spiro atoms. The van der Waals surface area contributed by atoms with E-state index >= 15 is 0 Å². The van der Waals surface area contributed by atoms with Crippen LogP contribution >= 0.6 is 0 Å². The van der Waals surface area contributed by atoms with Gasteiger partial charge in [-0.15, -0.1) is 0 Å². The lowest BCUT2D eigenvalue weighted by Crippen LogP contribution is -2.33. The van der Waals surface area contributed by atoms with Gasteiger partial charge in [0, 0.05) is 43.5 Å². The van der Waals surface area contributed by atoms with Crippen molar-refractivity contribution in [3.63, 3.8) is 0 Å². The van der Waals surface area contributed by atoms with Crippen LogP contribution in [0.3, 0.4) is 0 Å². The SMILES string of the molecule is O=C(C1CC1)N1CCC[C@H]1c1ncc(-c2ccc(-c3ccc4c(c3)OCCCCCCCCO[C@H]3C[C@@H](c5ncc-4[nH]5)N(C(=O)C4CC4)C3)cc2)[nH]1. The number of aromatic nitrogens is 4. The lowest BCUT2D eigenvalue weighted by atomic mass is 10.00. The van der Waals surface area contributed by atoms with E-state index in [-0.39, 0.29) is 35.9 Å². The molecule has 52 heavy (non-hydrogen) atoms. The standard InChI is InChI=1S/C42H50N6O4/c49-41(29-13-14-29)47-19-7-8-36(47)39-43-24-34(45-39)28-11-9-27(10-12-28)31-17-18-33-35-25-44-40(46-35)37-23-32(26-48(37)42(50)30-15-16-30)51-20-5-3-1-2-4-6-21-52-38(33)22-31/h9-12,17-18,22,24-25,29-30,32,36-37H,1-8,13-16,19-21,23,26H2,(H,43,45)(H,44,46)/t32-,36-,37-/m0/s1. The van der Waals surface area contributed by atoms with Crippen molar-refractivity contribution in [2.45, 2.75) is 102 Å². The number of imidazole rings is 2.